The van der Waals surface area contributed by atoms with Crippen LogP contribution in [0.5, 0.6) is 0 Å². The molecule has 2 unspecified atom stereocenters. The zero-order chi connectivity index (χ0) is 43.4. The minimum absolute atomic E-state index is 0.0321. The van der Waals surface area contributed by atoms with Gasteiger partial charge in [-0.2, -0.15) is 0 Å². The Hall–Kier alpha value is -1.51. The van der Waals surface area contributed by atoms with E-state index in [0.29, 0.717) is 12.9 Å². The smallest absolute Gasteiger partial charge is 0.293 e. The number of nitrogens with zero attached hydrogens (tertiary/aromatic N) is 1. The van der Waals surface area contributed by atoms with Gasteiger partial charge in [0, 0.05) is 33.8 Å². The number of unbranched alkanes of at least 4 members (excludes halogenated alkanes) is 23. The van der Waals surface area contributed by atoms with E-state index in [1.54, 1.807) is 14.2 Å². The maximum absolute atomic E-state index is 11.4. The van der Waals surface area contributed by atoms with Crippen molar-refractivity contribution in [3.8, 4) is 0 Å². The number of hydrogen-bond donors (Lipinski definition) is 1. The molecular formula is C50H102N2O6. The second-order valence-corrected chi connectivity index (χ2v) is 16.8. The molecule has 0 saturated carbocycles. The van der Waals surface area contributed by atoms with Gasteiger partial charge in [-0.25, -0.2) is 0 Å². The molecule has 0 aromatic heterocycles. The zero-order valence-electron chi connectivity index (χ0n) is 40.1. The predicted octanol–water partition coefficient (Wildman–Crippen LogP) is 13.6. The third-order valence-corrected chi connectivity index (χ3v) is 10.9. The van der Waals surface area contributed by atoms with E-state index in [9.17, 15) is 14.4 Å². The molecule has 0 aromatic carbocycles. The van der Waals surface area contributed by atoms with Crippen molar-refractivity contribution >= 4 is 18.7 Å². The van der Waals surface area contributed by atoms with Gasteiger partial charge in [-0.15, -0.1) is 0 Å². The monoisotopic (exact) mass is 827 g/mol. The topological polar surface area (TPSA) is 94.2 Å². The normalized spacial score (nSPS) is 11.9. The summed E-state index contributed by atoms with van der Waals surface area (Å²) in [4.78, 5) is 34.8. The van der Waals surface area contributed by atoms with Crippen molar-refractivity contribution in [1.82, 2.24) is 10.2 Å². The molecule has 0 fully saturated rings. The highest BCUT2D eigenvalue weighted by Crippen LogP contribution is 2.16. The van der Waals surface area contributed by atoms with Crippen LogP contribution in [0.2, 0.25) is 0 Å². The minimum Gasteiger partial charge on any atom is -0.465 e. The molecule has 0 spiro atoms. The van der Waals surface area contributed by atoms with E-state index in [2.05, 4.69) is 44.8 Å². The lowest BCUT2D eigenvalue weighted by atomic mass is 10.0. The maximum atomic E-state index is 11.4. The van der Waals surface area contributed by atoms with Crippen molar-refractivity contribution in [2.75, 3.05) is 53.6 Å². The van der Waals surface area contributed by atoms with Crippen LogP contribution < -0.4 is 5.32 Å². The predicted molar refractivity (Wildman–Crippen MR) is 250 cm³/mol. The number of carbonyl (C=O) groups is 3. The molecule has 8 nitrogen and oxygen atoms in total. The molecule has 0 rings (SSSR count). The second-order valence-electron chi connectivity index (χ2n) is 16.8. The van der Waals surface area contributed by atoms with Crippen molar-refractivity contribution in [2.24, 2.45) is 5.92 Å². The Morgan fingerprint density at radius 1 is 0.534 bits per heavy atom. The van der Waals surface area contributed by atoms with Crippen LogP contribution in [0.4, 0.5) is 0 Å². The number of aldehydes is 1. The van der Waals surface area contributed by atoms with Gasteiger partial charge < -0.3 is 29.2 Å². The molecule has 1 N–H and O–H groups in total. The van der Waals surface area contributed by atoms with Crippen LogP contribution in [0.25, 0.3) is 0 Å². The van der Waals surface area contributed by atoms with Crippen LogP contribution in [-0.2, 0) is 28.6 Å². The van der Waals surface area contributed by atoms with Crippen molar-refractivity contribution in [3.63, 3.8) is 0 Å². The van der Waals surface area contributed by atoms with E-state index < -0.39 is 0 Å². The number of amides is 1. The summed E-state index contributed by atoms with van der Waals surface area (Å²) in [5, 5.41) is 2.91. The third-order valence-electron chi connectivity index (χ3n) is 10.9. The molecule has 0 aliphatic rings. The molecule has 348 valence electrons. The molecule has 2 atom stereocenters. The lowest BCUT2D eigenvalue weighted by Crippen LogP contribution is -2.32. The first-order valence-electron chi connectivity index (χ1n) is 24.9. The van der Waals surface area contributed by atoms with E-state index in [1.165, 1.54) is 180 Å². The van der Waals surface area contributed by atoms with Crippen molar-refractivity contribution < 1.29 is 28.6 Å². The molecule has 0 aliphatic carbocycles. The Balaban J connectivity index is -0.000000847. The highest BCUT2D eigenvalue weighted by atomic mass is 16.5. The van der Waals surface area contributed by atoms with Gasteiger partial charge in [0.1, 0.15) is 19.0 Å². The van der Waals surface area contributed by atoms with Crippen LogP contribution >= 0.6 is 0 Å². The fourth-order valence-corrected chi connectivity index (χ4v) is 7.21. The van der Waals surface area contributed by atoms with Crippen LogP contribution in [0.3, 0.4) is 0 Å². The summed E-state index contributed by atoms with van der Waals surface area (Å²) in [5.74, 6) is 0.715. The fraction of sp³-hybridized carbons (Fsp3) is 0.940. The molecular weight excluding hydrogens is 725 g/mol. The van der Waals surface area contributed by atoms with E-state index in [-0.39, 0.29) is 18.6 Å². The minimum atomic E-state index is -0.0321. The van der Waals surface area contributed by atoms with Crippen molar-refractivity contribution in [1.29, 1.82) is 0 Å². The van der Waals surface area contributed by atoms with Crippen LogP contribution in [0.1, 0.15) is 240 Å². The molecule has 58 heavy (non-hydrogen) atoms. The van der Waals surface area contributed by atoms with Gasteiger partial charge in [0.15, 0.2) is 0 Å². The highest BCUT2D eigenvalue weighted by molar-refractivity contribution is 5.77. The summed E-state index contributed by atoms with van der Waals surface area (Å²) in [6, 6.07) is 0. The van der Waals surface area contributed by atoms with Gasteiger partial charge in [0.2, 0.25) is 5.91 Å². The Kier molecular flexibility index (Phi) is 58.2. The number of hydrogen-bond acceptors (Lipinski definition) is 7. The standard InChI is InChI=1S/C22H44N2O3.C17H34O2.C11H24O/c1-3-4-5-6-9-12-17-24(18-13-10-7-8-11-14-20-25)19-15-16-23-22(26)21-27-2;1-3-5-7-9-11-13-15-17(19-16-18)14-12-10-8-6-4-2;1-4-5-6-7-8-9-11(2)10-12-3/h20H,3-19,21H2,1-2H3,(H,23,26);16-17H,3-15H2,1-2H3;11H,4-10H2,1-3H3. The second kappa shape index (κ2) is 55.5. The fourth-order valence-electron chi connectivity index (χ4n) is 7.21. The Labute approximate surface area is 362 Å². The Bertz CT molecular complexity index is 785. The lowest BCUT2D eigenvalue weighted by Gasteiger charge is -2.22. The first kappa shape index (κ1) is 60.8. The SMILES string of the molecule is CCCCCCCC(C)COC.CCCCCCCCC(CCCCCCC)OC=O.CCCCCCCCN(CCCCCCCC=O)CCCNC(=O)COC. The van der Waals surface area contributed by atoms with E-state index in [4.69, 9.17) is 14.2 Å². The molecule has 0 radical (unpaired) electrons. The summed E-state index contributed by atoms with van der Waals surface area (Å²) in [7, 11) is 3.33. The number of ether oxygens (including phenoxy) is 3. The van der Waals surface area contributed by atoms with Crippen molar-refractivity contribution in [2.45, 2.75) is 246 Å². The Morgan fingerprint density at radius 2 is 0.948 bits per heavy atom. The quantitative estimate of drug-likeness (QED) is 0.0483. The first-order chi connectivity index (χ1) is 28.4. The van der Waals surface area contributed by atoms with E-state index in [1.807, 2.05) is 0 Å². The number of methoxy groups -OCH3 is 2. The third kappa shape index (κ3) is 54.5. The first-order valence-corrected chi connectivity index (χ1v) is 24.9. The summed E-state index contributed by atoms with van der Waals surface area (Å²) in [6.07, 6.45) is 41.4. The van der Waals surface area contributed by atoms with Crippen LogP contribution in [-0.4, -0.2) is 83.3 Å². The van der Waals surface area contributed by atoms with Crippen LogP contribution in [0.15, 0.2) is 0 Å². The van der Waals surface area contributed by atoms with Gasteiger partial charge >= 0.3 is 0 Å². The van der Waals surface area contributed by atoms with Crippen LogP contribution in [0, 0.1) is 5.92 Å². The van der Waals surface area contributed by atoms with Gasteiger partial charge in [-0.3, -0.25) is 9.59 Å². The molecule has 0 aromatic rings. The molecule has 0 bridgehead atoms. The van der Waals surface area contributed by atoms with Gasteiger partial charge in [0.05, 0.1) is 0 Å². The van der Waals surface area contributed by atoms with Gasteiger partial charge in [-0.1, -0.05) is 176 Å². The summed E-state index contributed by atoms with van der Waals surface area (Å²) >= 11 is 0. The molecule has 1 amide bonds. The summed E-state index contributed by atoms with van der Waals surface area (Å²) in [6.45, 7) is 17.0. The molecule has 8 heteroatoms. The maximum Gasteiger partial charge on any atom is 0.293 e. The lowest BCUT2D eigenvalue weighted by molar-refractivity contribution is -0.134. The van der Waals surface area contributed by atoms with E-state index >= 15 is 0 Å². The number of carbonyl (C=O) groups excluding carboxylic acids is 3. The molecule has 0 saturated heterocycles. The van der Waals surface area contributed by atoms with E-state index in [0.717, 1.165) is 64.1 Å². The summed E-state index contributed by atoms with van der Waals surface area (Å²) in [5.41, 5.74) is 0. The Morgan fingerprint density at radius 3 is 1.38 bits per heavy atom. The van der Waals surface area contributed by atoms with Crippen molar-refractivity contribution in [3.05, 3.63) is 0 Å². The van der Waals surface area contributed by atoms with Gasteiger partial charge in [0.25, 0.3) is 6.47 Å². The average Bonchev–Trinajstić information content (AvgIpc) is 3.21. The highest BCUT2D eigenvalue weighted by Gasteiger charge is 2.09. The number of nitrogens with one attached hydrogen (secondary N) is 1. The molecule has 0 heterocycles. The largest absolute Gasteiger partial charge is 0.465 e. The zero-order valence-corrected chi connectivity index (χ0v) is 40.1. The number of rotatable bonds is 44. The molecule has 0 aliphatic heterocycles. The summed E-state index contributed by atoms with van der Waals surface area (Å²) < 4.78 is 15.1. The van der Waals surface area contributed by atoms with Gasteiger partial charge in [-0.05, 0) is 83.3 Å². The average molecular weight is 827 g/mol.